The van der Waals surface area contributed by atoms with Gasteiger partial charge in [-0.1, -0.05) is 0 Å². The topological polar surface area (TPSA) is 114 Å². The first-order valence-electron chi connectivity index (χ1n) is 11.1. The zero-order chi connectivity index (χ0) is 21.7. The number of amides is 3. The Morgan fingerprint density at radius 3 is 2.37 bits per heavy atom. The number of nitrogens with two attached hydrogens (primary N) is 1. The third kappa shape index (κ3) is 5.70. The maximum absolute atomic E-state index is 13.1. The lowest BCUT2D eigenvalue weighted by Crippen LogP contribution is -2.50. The Kier molecular flexibility index (Phi) is 8.07. The highest BCUT2D eigenvalue weighted by Gasteiger charge is 2.45. The van der Waals surface area contributed by atoms with Gasteiger partial charge >= 0.3 is 0 Å². The van der Waals surface area contributed by atoms with E-state index < -0.39 is 6.04 Å². The van der Waals surface area contributed by atoms with Gasteiger partial charge in [0.1, 0.15) is 12.6 Å². The van der Waals surface area contributed by atoms with Crippen LogP contribution in [0.4, 0.5) is 0 Å². The minimum atomic E-state index is -0.592. The predicted molar refractivity (Wildman–Crippen MR) is 110 cm³/mol. The Hall–Kier alpha value is -1.71. The molecule has 2 atom stereocenters. The Bertz CT molecular complexity index is 619. The molecule has 3 rings (SSSR count). The monoisotopic (exact) mass is 424 g/mol. The van der Waals surface area contributed by atoms with E-state index in [9.17, 15) is 14.4 Å². The third-order valence-electron chi connectivity index (χ3n) is 6.47. The fourth-order valence-electron chi connectivity index (χ4n) is 4.56. The van der Waals surface area contributed by atoms with Gasteiger partial charge in [-0.05, 0) is 44.9 Å². The Morgan fingerprint density at radius 2 is 1.77 bits per heavy atom. The minimum Gasteiger partial charge on any atom is -0.383 e. The molecular formula is C21H36N4O5. The van der Waals surface area contributed by atoms with Crippen molar-refractivity contribution < 1.29 is 23.9 Å². The van der Waals surface area contributed by atoms with Crippen LogP contribution < -0.4 is 11.1 Å². The number of carbonyl (C=O) groups is 3. The summed E-state index contributed by atoms with van der Waals surface area (Å²) in [4.78, 5) is 42.0. The summed E-state index contributed by atoms with van der Waals surface area (Å²) < 4.78 is 10.2. The van der Waals surface area contributed by atoms with Crippen molar-refractivity contribution >= 4 is 17.7 Å². The van der Waals surface area contributed by atoms with E-state index in [0.29, 0.717) is 26.1 Å². The smallest absolute Gasteiger partial charge is 0.249 e. The Balaban J connectivity index is 1.69. The second-order valence-electron chi connectivity index (χ2n) is 8.80. The summed E-state index contributed by atoms with van der Waals surface area (Å²) in [7, 11) is 3.07. The summed E-state index contributed by atoms with van der Waals surface area (Å²) in [5.74, 6) is -0.188. The lowest BCUT2D eigenvalue weighted by Gasteiger charge is -2.30. The molecule has 30 heavy (non-hydrogen) atoms. The zero-order valence-corrected chi connectivity index (χ0v) is 18.2. The van der Waals surface area contributed by atoms with E-state index in [0.717, 1.165) is 38.5 Å². The molecule has 0 radical (unpaired) electrons. The molecule has 3 aliphatic rings. The van der Waals surface area contributed by atoms with Crippen LogP contribution in [0.3, 0.4) is 0 Å². The van der Waals surface area contributed by atoms with Crippen molar-refractivity contribution in [2.24, 2.45) is 11.7 Å². The normalized spacial score (nSPS) is 29.0. The number of hydrogen-bond donors (Lipinski definition) is 2. The molecule has 170 valence electrons. The number of methoxy groups -OCH3 is 2. The molecule has 0 spiro atoms. The van der Waals surface area contributed by atoms with Crippen LogP contribution in [0.1, 0.15) is 44.9 Å². The molecule has 1 saturated heterocycles. The van der Waals surface area contributed by atoms with Crippen LogP contribution in [0.25, 0.3) is 0 Å². The first kappa shape index (κ1) is 23.0. The van der Waals surface area contributed by atoms with Gasteiger partial charge < -0.3 is 30.3 Å². The van der Waals surface area contributed by atoms with E-state index in [1.165, 1.54) is 7.11 Å². The molecule has 0 aromatic rings. The van der Waals surface area contributed by atoms with Crippen molar-refractivity contribution in [1.29, 1.82) is 0 Å². The number of likely N-dealkylation sites (tertiary alicyclic amines) is 1. The van der Waals surface area contributed by atoms with Crippen LogP contribution in [0, 0.1) is 5.92 Å². The van der Waals surface area contributed by atoms with Gasteiger partial charge in [-0.15, -0.1) is 0 Å². The molecule has 9 nitrogen and oxygen atoms in total. The average molecular weight is 425 g/mol. The summed E-state index contributed by atoms with van der Waals surface area (Å²) in [5, 5.41) is 3.12. The van der Waals surface area contributed by atoms with Crippen LogP contribution in [0.5, 0.6) is 0 Å². The van der Waals surface area contributed by atoms with Gasteiger partial charge in [0.2, 0.25) is 17.7 Å². The van der Waals surface area contributed by atoms with Gasteiger partial charge in [0.25, 0.3) is 0 Å². The van der Waals surface area contributed by atoms with Crippen molar-refractivity contribution in [3.8, 4) is 0 Å². The average Bonchev–Trinajstić information content (AvgIpc) is 3.49. The fraction of sp³-hybridized carbons (Fsp3) is 0.857. The summed E-state index contributed by atoms with van der Waals surface area (Å²) in [6.45, 7) is 1.17. The number of ether oxygens (including phenoxy) is 2. The molecule has 1 heterocycles. The second-order valence-corrected chi connectivity index (χ2v) is 8.80. The van der Waals surface area contributed by atoms with E-state index in [1.54, 1.807) is 12.0 Å². The number of carbonyl (C=O) groups excluding carboxylic acids is 3. The van der Waals surface area contributed by atoms with E-state index in [4.69, 9.17) is 15.2 Å². The van der Waals surface area contributed by atoms with Gasteiger partial charge in [-0.2, -0.15) is 0 Å². The SMILES string of the molecule is COCCN(C(=O)C1CC1)C1CC(C(=O)NC2CCC(N)CC2)N(C(=O)COC)C1. The minimum absolute atomic E-state index is 0.0734. The summed E-state index contributed by atoms with van der Waals surface area (Å²) in [5.41, 5.74) is 5.97. The number of nitrogens with zero attached hydrogens (tertiary/aromatic N) is 2. The predicted octanol–water partition coefficient (Wildman–Crippen LogP) is -0.127. The van der Waals surface area contributed by atoms with Crippen LogP contribution >= 0.6 is 0 Å². The van der Waals surface area contributed by atoms with Gasteiger partial charge in [-0.3, -0.25) is 14.4 Å². The van der Waals surface area contributed by atoms with Crippen LogP contribution in [0.2, 0.25) is 0 Å². The maximum atomic E-state index is 13.1. The molecule has 0 aromatic heterocycles. The molecule has 9 heteroatoms. The van der Waals surface area contributed by atoms with E-state index in [2.05, 4.69) is 5.32 Å². The molecule has 0 bridgehead atoms. The van der Waals surface area contributed by atoms with Crippen molar-refractivity contribution in [2.45, 2.75) is 69.1 Å². The standard InChI is InChI=1S/C21H36N4O5/c1-29-10-9-24(21(28)14-3-4-14)17-11-18(25(12-17)19(26)13-30-2)20(27)23-16-7-5-15(22)6-8-16/h14-18H,3-13,22H2,1-2H3,(H,23,27). The van der Waals surface area contributed by atoms with Gasteiger partial charge in [0.15, 0.2) is 0 Å². The number of rotatable bonds is 9. The van der Waals surface area contributed by atoms with E-state index in [1.807, 2.05) is 4.90 Å². The lowest BCUT2D eigenvalue weighted by atomic mass is 9.91. The highest BCUT2D eigenvalue weighted by atomic mass is 16.5. The van der Waals surface area contributed by atoms with Gasteiger partial charge in [0.05, 0.1) is 12.6 Å². The van der Waals surface area contributed by atoms with E-state index >= 15 is 0 Å². The first-order valence-corrected chi connectivity index (χ1v) is 11.1. The molecule has 0 aromatic carbocycles. The molecule has 1 aliphatic heterocycles. The molecule has 2 unspecified atom stereocenters. The van der Waals surface area contributed by atoms with E-state index in [-0.39, 0.29) is 48.4 Å². The summed E-state index contributed by atoms with van der Waals surface area (Å²) >= 11 is 0. The van der Waals surface area contributed by atoms with Gasteiger partial charge in [0, 0.05) is 45.3 Å². The molecule has 3 fully saturated rings. The fourth-order valence-corrected chi connectivity index (χ4v) is 4.56. The molecule has 3 N–H and O–H groups in total. The molecule has 2 saturated carbocycles. The van der Waals surface area contributed by atoms with Crippen LogP contribution in [-0.4, -0.2) is 92.2 Å². The third-order valence-corrected chi connectivity index (χ3v) is 6.47. The number of hydrogen-bond acceptors (Lipinski definition) is 6. The molecular weight excluding hydrogens is 388 g/mol. The lowest BCUT2D eigenvalue weighted by molar-refractivity contribution is -0.142. The van der Waals surface area contributed by atoms with Gasteiger partial charge in [-0.25, -0.2) is 0 Å². The molecule has 2 aliphatic carbocycles. The quantitative estimate of drug-likeness (QED) is 0.533. The Labute approximate surface area is 178 Å². The molecule has 3 amide bonds. The summed E-state index contributed by atoms with van der Waals surface area (Å²) in [6, 6.07) is -0.486. The first-order chi connectivity index (χ1) is 14.4. The maximum Gasteiger partial charge on any atom is 0.249 e. The Morgan fingerprint density at radius 1 is 1.07 bits per heavy atom. The highest BCUT2D eigenvalue weighted by Crippen LogP contribution is 2.33. The van der Waals surface area contributed by atoms with Crippen molar-refractivity contribution in [3.63, 3.8) is 0 Å². The highest BCUT2D eigenvalue weighted by molar-refractivity contribution is 5.89. The largest absolute Gasteiger partial charge is 0.383 e. The van der Waals surface area contributed by atoms with Crippen LogP contribution in [0.15, 0.2) is 0 Å². The van der Waals surface area contributed by atoms with Crippen molar-refractivity contribution in [3.05, 3.63) is 0 Å². The van der Waals surface area contributed by atoms with Crippen molar-refractivity contribution in [1.82, 2.24) is 15.1 Å². The second kappa shape index (κ2) is 10.5. The van der Waals surface area contributed by atoms with Crippen LogP contribution in [-0.2, 0) is 23.9 Å². The number of nitrogens with one attached hydrogen (secondary N) is 1. The summed E-state index contributed by atoms with van der Waals surface area (Å²) in [6.07, 6.45) is 5.76. The zero-order valence-electron chi connectivity index (χ0n) is 18.2. The van der Waals surface area contributed by atoms with Crippen molar-refractivity contribution in [2.75, 3.05) is 40.5 Å².